The topological polar surface area (TPSA) is 44.4 Å². The molecule has 3 heterocycles. The van der Waals surface area contributed by atoms with Gasteiger partial charge in [0.15, 0.2) is 0 Å². The molecule has 3 fully saturated rings. The molecule has 0 aliphatic carbocycles. The smallest absolute Gasteiger partial charge is 0.237 e. The molecule has 3 rings (SSSR count). The monoisotopic (exact) mass is 251 g/mol. The van der Waals surface area contributed by atoms with Crippen LogP contribution in [0, 0.1) is 0 Å². The molecule has 3 aliphatic rings. The average molecular weight is 251 g/mol. The normalized spacial score (nSPS) is 40.7. The van der Waals surface area contributed by atoms with E-state index in [4.69, 9.17) is 0 Å². The second-order valence-corrected chi connectivity index (χ2v) is 6.23. The Morgan fingerprint density at radius 2 is 1.89 bits per heavy atom. The highest BCUT2D eigenvalue weighted by Gasteiger charge is 2.37. The van der Waals surface area contributed by atoms with Crippen LogP contribution in [0.15, 0.2) is 0 Å². The van der Waals surface area contributed by atoms with E-state index in [9.17, 15) is 4.79 Å². The van der Waals surface area contributed by atoms with E-state index >= 15 is 0 Å². The van der Waals surface area contributed by atoms with Crippen molar-refractivity contribution in [2.75, 3.05) is 13.6 Å². The number of carbonyl (C=O) groups excluding carboxylic acids is 1. The van der Waals surface area contributed by atoms with E-state index in [1.54, 1.807) is 0 Å². The molecule has 0 aromatic heterocycles. The first-order valence-electron chi connectivity index (χ1n) is 7.50. The van der Waals surface area contributed by atoms with E-state index in [1.807, 2.05) is 0 Å². The Bertz CT molecular complexity index is 300. The van der Waals surface area contributed by atoms with Crippen LogP contribution in [-0.4, -0.2) is 48.6 Å². The van der Waals surface area contributed by atoms with Gasteiger partial charge < -0.3 is 15.5 Å². The first-order valence-corrected chi connectivity index (χ1v) is 7.50. The van der Waals surface area contributed by atoms with Crippen molar-refractivity contribution < 1.29 is 4.79 Å². The van der Waals surface area contributed by atoms with Crippen LogP contribution in [0.5, 0.6) is 0 Å². The minimum Gasteiger partial charge on any atom is -0.352 e. The molecule has 2 N–H and O–H groups in total. The number of carbonyl (C=O) groups is 1. The van der Waals surface area contributed by atoms with Gasteiger partial charge in [0, 0.05) is 18.1 Å². The van der Waals surface area contributed by atoms with Crippen molar-refractivity contribution in [2.24, 2.45) is 0 Å². The van der Waals surface area contributed by atoms with E-state index in [0.29, 0.717) is 18.1 Å². The number of fused-ring (bicyclic) bond motifs is 2. The second-order valence-electron chi connectivity index (χ2n) is 6.23. The molecule has 3 aliphatic heterocycles. The maximum Gasteiger partial charge on any atom is 0.237 e. The first kappa shape index (κ1) is 12.4. The van der Waals surface area contributed by atoms with Crippen molar-refractivity contribution in [1.82, 2.24) is 15.5 Å². The van der Waals surface area contributed by atoms with Gasteiger partial charge in [-0.2, -0.15) is 0 Å². The number of amides is 1. The van der Waals surface area contributed by atoms with Crippen molar-refractivity contribution in [1.29, 1.82) is 0 Å². The lowest BCUT2D eigenvalue weighted by Gasteiger charge is -2.47. The molecule has 2 unspecified atom stereocenters. The summed E-state index contributed by atoms with van der Waals surface area (Å²) < 4.78 is 0. The summed E-state index contributed by atoms with van der Waals surface area (Å²) >= 11 is 0. The molecular weight excluding hydrogens is 226 g/mol. The number of piperidine rings is 2. The summed E-state index contributed by atoms with van der Waals surface area (Å²) in [5, 5.41) is 6.56. The van der Waals surface area contributed by atoms with Crippen molar-refractivity contribution in [3.8, 4) is 0 Å². The van der Waals surface area contributed by atoms with E-state index in [1.165, 1.54) is 19.3 Å². The minimum absolute atomic E-state index is 0.0736. The van der Waals surface area contributed by atoms with Gasteiger partial charge in [-0.3, -0.25) is 4.79 Å². The van der Waals surface area contributed by atoms with Gasteiger partial charge in [-0.1, -0.05) is 6.42 Å². The molecule has 4 nitrogen and oxygen atoms in total. The Hall–Kier alpha value is -0.610. The molecule has 0 aromatic carbocycles. The van der Waals surface area contributed by atoms with Gasteiger partial charge in [-0.15, -0.1) is 0 Å². The summed E-state index contributed by atoms with van der Waals surface area (Å²) in [6.45, 7) is 0.997. The summed E-state index contributed by atoms with van der Waals surface area (Å²) in [5.41, 5.74) is 0. The van der Waals surface area contributed by atoms with Crippen LogP contribution >= 0.6 is 0 Å². The van der Waals surface area contributed by atoms with E-state index in [2.05, 4.69) is 22.6 Å². The maximum absolute atomic E-state index is 12.1. The van der Waals surface area contributed by atoms with Crippen LogP contribution in [0.4, 0.5) is 0 Å². The number of hydrogen-bond acceptors (Lipinski definition) is 3. The standard InChI is InChI=1S/C14H25N3O/c1-17-11-4-2-5-12(17)9-10(8-11)16-14(18)13-6-3-7-15-13/h10-13,15H,2-9H2,1H3,(H,16,18)/t10?,11?,12?,13-/m1/s1. The first-order chi connectivity index (χ1) is 8.74. The summed E-state index contributed by atoms with van der Waals surface area (Å²) in [6.07, 6.45) is 8.41. The molecule has 0 radical (unpaired) electrons. The van der Waals surface area contributed by atoms with E-state index in [-0.39, 0.29) is 11.9 Å². The Labute approximate surface area is 109 Å². The fourth-order valence-electron chi connectivity index (χ4n) is 3.94. The Morgan fingerprint density at radius 3 is 2.50 bits per heavy atom. The lowest BCUT2D eigenvalue weighted by atomic mass is 9.82. The fraction of sp³-hybridized carbons (Fsp3) is 0.929. The SMILES string of the molecule is CN1C2CCCC1CC(NC(=O)[C@H]1CCCN1)C2. The van der Waals surface area contributed by atoms with Crippen LogP contribution in [0.3, 0.4) is 0 Å². The number of nitrogens with one attached hydrogen (secondary N) is 2. The highest BCUT2D eigenvalue weighted by atomic mass is 16.2. The average Bonchev–Trinajstić information content (AvgIpc) is 2.84. The summed E-state index contributed by atoms with van der Waals surface area (Å²) in [5.74, 6) is 0.236. The lowest BCUT2D eigenvalue weighted by molar-refractivity contribution is -0.124. The van der Waals surface area contributed by atoms with Gasteiger partial charge in [0.2, 0.25) is 5.91 Å². The van der Waals surface area contributed by atoms with Gasteiger partial charge in [0.05, 0.1) is 6.04 Å². The molecule has 18 heavy (non-hydrogen) atoms. The molecule has 102 valence electrons. The van der Waals surface area contributed by atoms with Crippen molar-refractivity contribution in [2.45, 2.75) is 69.1 Å². The van der Waals surface area contributed by atoms with Gasteiger partial charge in [0.25, 0.3) is 0 Å². The summed E-state index contributed by atoms with van der Waals surface area (Å²) in [4.78, 5) is 14.7. The van der Waals surface area contributed by atoms with Gasteiger partial charge >= 0.3 is 0 Å². The molecule has 0 aromatic rings. The van der Waals surface area contributed by atoms with Crippen LogP contribution in [0.2, 0.25) is 0 Å². The van der Waals surface area contributed by atoms with Crippen molar-refractivity contribution in [3.63, 3.8) is 0 Å². The zero-order valence-corrected chi connectivity index (χ0v) is 11.3. The predicted octanol–water partition coefficient (Wildman–Crippen LogP) is 0.870. The van der Waals surface area contributed by atoms with Gasteiger partial charge in [-0.25, -0.2) is 0 Å². The molecule has 3 atom stereocenters. The molecule has 0 saturated carbocycles. The van der Waals surface area contributed by atoms with Crippen LogP contribution in [-0.2, 0) is 4.79 Å². The third kappa shape index (κ3) is 2.41. The lowest BCUT2D eigenvalue weighted by Crippen LogP contribution is -2.56. The molecule has 0 spiro atoms. The molecule has 3 saturated heterocycles. The van der Waals surface area contributed by atoms with E-state index in [0.717, 1.165) is 32.2 Å². The molecular formula is C14H25N3O. The quantitative estimate of drug-likeness (QED) is 0.765. The maximum atomic E-state index is 12.1. The van der Waals surface area contributed by atoms with E-state index < -0.39 is 0 Å². The van der Waals surface area contributed by atoms with Crippen LogP contribution in [0.1, 0.15) is 44.9 Å². The highest BCUT2D eigenvalue weighted by Crippen LogP contribution is 2.32. The second kappa shape index (κ2) is 5.17. The third-order valence-electron chi connectivity index (χ3n) is 5.06. The summed E-state index contributed by atoms with van der Waals surface area (Å²) in [7, 11) is 2.26. The third-order valence-corrected chi connectivity index (χ3v) is 5.06. The van der Waals surface area contributed by atoms with Crippen molar-refractivity contribution >= 4 is 5.91 Å². The van der Waals surface area contributed by atoms with Crippen LogP contribution < -0.4 is 10.6 Å². The number of hydrogen-bond donors (Lipinski definition) is 2. The molecule has 1 amide bonds. The van der Waals surface area contributed by atoms with Gasteiger partial charge in [-0.05, 0) is 52.1 Å². The van der Waals surface area contributed by atoms with Gasteiger partial charge in [0.1, 0.15) is 0 Å². The zero-order valence-electron chi connectivity index (χ0n) is 11.3. The number of nitrogens with zero attached hydrogens (tertiary/aromatic N) is 1. The zero-order chi connectivity index (χ0) is 12.5. The summed E-state index contributed by atoms with van der Waals surface area (Å²) in [6, 6.07) is 1.87. The Morgan fingerprint density at radius 1 is 1.17 bits per heavy atom. The predicted molar refractivity (Wildman–Crippen MR) is 71.4 cm³/mol. The molecule has 4 heteroatoms. The highest BCUT2D eigenvalue weighted by molar-refractivity contribution is 5.82. The van der Waals surface area contributed by atoms with Crippen molar-refractivity contribution in [3.05, 3.63) is 0 Å². The minimum atomic E-state index is 0.0736. The Kier molecular flexibility index (Phi) is 3.57. The largest absolute Gasteiger partial charge is 0.352 e. The number of rotatable bonds is 2. The van der Waals surface area contributed by atoms with Crippen LogP contribution in [0.25, 0.3) is 0 Å². The Balaban J connectivity index is 1.55. The fourth-order valence-corrected chi connectivity index (χ4v) is 3.94. The molecule has 2 bridgehead atoms.